The van der Waals surface area contributed by atoms with Gasteiger partial charge in [0.05, 0.1) is 0 Å². The molecule has 6 heteroatoms. The van der Waals surface area contributed by atoms with E-state index in [0.29, 0.717) is 5.69 Å². The molecule has 4 rings (SSSR count). The van der Waals surface area contributed by atoms with Crippen molar-refractivity contribution < 1.29 is 4.79 Å². The summed E-state index contributed by atoms with van der Waals surface area (Å²) in [6.45, 7) is 4.20. The highest BCUT2D eigenvalue weighted by Gasteiger charge is 2.24. The molecular weight excluding hydrogens is 302 g/mol. The number of aromatic nitrogens is 2. The van der Waals surface area contributed by atoms with E-state index in [1.165, 1.54) is 17.6 Å². The summed E-state index contributed by atoms with van der Waals surface area (Å²) >= 11 is 0. The molecule has 1 aromatic carbocycles. The number of benzene rings is 1. The van der Waals surface area contributed by atoms with E-state index in [4.69, 9.17) is 0 Å². The second-order valence-electron chi connectivity index (χ2n) is 6.39. The van der Waals surface area contributed by atoms with Crippen LogP contribution in [-0.4, -0.2) is 65.4 Å². The van der Waals surface area contributed by atoms with E-state index in [2.05, 4.69) is 45.0 Å². The monoisotopic (exact) mass is 323 g/mol. The molecule has 0 unspecified atom stereocenters. The second kappa shape index (κ2) is 6.20. The number of hydrogen-bond acceptors (Lipinski definition) is 5. The summed E-state index contributed by atoms with van der Waals surface area (Å²) in [5.74, 6) is 0.798. The highest BCUT2D eigenvalue weighted by Crippen LogP contribution is 2.33. The van der Waals surface area contributed by atoms with E-state index in [1.807, 2.05) is 17.0 Å². The third-order valence-corrected chi connectivity index (χ3v) is 4.83. The van der Waals surface area contributed by atoms with Crippen molar-refractivity contribution in [3.8, 4) is 0 Å². The maximum atomic E-state index is 12.7. The maximum Gasteiger partial charge on any atom is 0.272 e. The van der Waals surface area contributed by atoms with Crippen LogP contribution in [0.15, 0.2) is 36.7 Å². The van der Waals surface area contributed by atoms with Gasteiger partial charge in [-0.25, -0.2) is 9.97 Å². The van der Waals surface area contributed by atoms with Crippen molar-refractivity contribution in [3.05, 3.63) is 47.9 Å². The number of amides is 1. The Balaban J connectivity index is 1.57. The number of nitrogens with zero attached hydrogens (tertiary/aromatic N) is 5. The van der Waals surface area contributed by atoms with Crippen molar-refractivity contribution >= 4 is 17.4 Å². The molecule has 1 fully saturated rings. The number of hydrogen-bond donors (Lipinski definition) is 0. The number of para-hydroxylation sites is 1. The first-order valence-corrected chi connectivity index (χ1v) is 8.38. The van der Waals surface area contributed by atoms with Crippen LogP contribution in [0, 0.1) is 0 Å². The molecule has 1 amide bonds. The second-order valence-corrected chi connectivity index (χ2v) is 6.39. The highest BCUT2D eigenvalue weighted by atomic mass is 16.2. The van der Waals surface area contributed by atoms with Crippen LogP contribution in [0.4, 0.5) is 11.5 Å². The summed E-state index contributed by atoms with van der Waals surface area (Å²) in [6.07, 6.45) is 2.50. The number of carbonyl (C=O) groups excluding carboxylic acids is 1. The lowest BCUT2D eigenvalue weighted by Gasteiger charge is -2.32. The van der Waals surface area contributed by atoms with Crippen molar-refractivity contribution in [3.63, 3.8) is 0 Å². The van der Waals surface area contributed by atoms with E-state index < -0.39 is 0 Å². The number of fused-ring (bicyclic) bond motifs is 1. The minimum absolute atomic E-state index is 0.000711. The van der Waals surface area contributed by atoms with Gasteiger partial charge in [-0.1, -0.05) is 18.2 Å². The summed E-state index contributed by atoms with van der Waals surface area (Å²) in [5.41, 5.74) is 2.98. The smallest absolute Gasteiger partial charge is 0.272 e. The molecule has 124 valence electrons. The van der Waals surface area contributed by atoms with Crippen molar-refractivity contribution in [2.75, 3.05) is 44.7 Å². The van der Waals surface area contributed by atoms with Gasteiger partial charge in [0.2, 0.25) is 0 Å². The molecule has 0 N–H and O–H groups in total. The van der Waals surface area contributed by atoms with Crippen LogP contribution in [0.5, 0.6) is 0 Å². The van der Waals surface area contributed by atoms with Crippen molar-refractivity contribution in [2.45, 2.75) is 6.42 Å². The van der Waals surface area contributed by atoms with Crippen LogP contribution in [0.25, 0.3) is 0 Å². The molecule has 0 spiro atoms. The Morgan fingerprint density at radius 1 is 1.04 bits per heavy atom. The Kier molecular flexibility index (Phi) is 3.90. The van der Waals surface area contributed by atoms with Crippen LogP contribution in [0.2, 0.25) is 0 Å². The lowest BCUT2D eigenvalue weighted by atomic mass is 10.2. The summed E-state index contributed by atoms with van der Waals surface area (Å²) in [7, 11) is 2.08. The van der Waals surface area contributed by atoms with E-state index in [0.717, 1.165) is 45.0 Å². The summed E-state index contributed by atoms with van der Waals surface area (Å²) in [5, 5.41) is 0. The minimum Gasteiger partial charge on any atom is -0.335 e. The molecule has 0 aliphatic carbocycles. The summed E-state index contributed by atoms with van der Waals surface area (Å²) in [4.78, 5) is 27.6. The fourth-order valence-corrected chi connectivity index (χ4v) is 3.36. The SMILES string of the molecule is CN1CCN(C(=O)c2cc(N3CCc4ccccc43)ncn2)CC1. The Labute approximate surface area is 141 Å². The van der Waals surface area contributed by atoms with Crippen LogP contribution >= 0.6 is 0 Å². The van der Waals surface area contributed by atoms with Gasteiger partial charge in [0.15, 0.2) is 0 Å². The third kappa shape index (κ3) is 2.73. The largest absolute Gasteiger partial charge is 0.335 e. The van der Waals surface area contributed by atoms with Gasteiger partial charge in [-0.05, 0) is 25.1 Å². The van der Waals surface area contributed by atoms with Crippen molar-refractivity contribution in [1.82, 2.24) is 19.8 Å². The Morgan fingerprint density at radius 3 is 2.67 bits per heavy atom. The average Bonchev–Trinajstić information content (AvgIpc) is 3.06. The molecule has 1 aromatic heterocycles. The topological polar surface area (TPSA) is 52.6 Å². The third-order valence-electron chi connectivity index (χ3n) is 4.83. The zero-order chi connectivity index (χ0) is 16.5. The Hall–Kier alpha value is -2.47. The van der Waals surface area contributed by atoms with E-state index in [1.54, 1.807) is 0 Å². The zero-order valence-electron chi connectivity index (χ0n) is 13.9. The minimum atomic E-state index is -0.000711. The molecule has 3 heterocycles. The van der Waals surface area contributed by atoms with Gasteiger partial charge >= 0.3 is 0 Å². The molecule has 1 saturated heterocycles. The Bertz CT molecular complexity index is 755. The maximum absolute atomic E-state index is 12.7. The highest BCUT2D eigenvalue weighted by molar-refractivity contribution is 5.93. The van der Waals surface area contributed by atoms with Gasteiger partial charge in [0.25, 0.3) is 5.91 Å². The molecule has 0 bridgehead atoms. The molecule has 2 aliphatic rings. The summed E-state index contributed by atoms with van der Waals surface area (Å²) < 4.78 is 0. The lowest BCUT2D eigenvalue weighted by molar-refractivity contribution is 0.0658. The molecule has 2 aromatic rings. The fourth-order valence-electron chi connectivity index (χ4n) is 3.36. The predicted molar refractivity (Wildman–Crippen MR) is 92.6 cm³/mol. The van der Waals surface area contributed by atoms with Crippen LogP contribution in [-0.2, 0) is 6.42 Å². The molecule has 0 saturated carbocycles. The first-order chi connectivity index (χ1) is 11.7. The van der Waals surface area contributed by atoms with Crippen LogP contribution in [0.3, 0.4) is 0 Å². The average molecular weight is 323 g/mol. The van der Waals surface area contributed by atoms with Crippen molar-refractivity contribution in [2.24, 2.45) is 0 Å². The number of likely N-dealkylation sites (N-methyl/N-ethyl adjacent to an activating group) is 1. The van der Waals surface area contributed by atoms with E-state index >= 15 is 0 Å². The van der Waals surface area contributed by atoms with Gasteiger partial charge < -0.3 is 14.7 Å². The standard InChI is InChI=1S/C18H21N5O/c1-21-8-10-22(11-9-21)18(24)15-12-17(20-13-19-15)23-7-6-14-4-2-3-5-16(14)23/h2-5,12-13H,6-11H2,1H3. The first-order valence-electron chi connectivity index (χ1n) is 8.38. The van der Waals surface area contributed by atoms with Crippen LogP contribution in [0.1, 0.15) is 16.1 Å². The number of anilines is 2. The van der Waals surface area contributed by atoms with Gasteiger partial charge in [0.1, 0.15) is 17.8 Å². The van der Waals surface area contributed by atoms with Gasteiger partial charge in [0, 0.05) is 44.5 Å². The quantitative estimate of drug-likeness (QED) is 0.839. The number of rotatable bonds is 2. The molecule has 2 aliphatic heterocycles. The van der Waals surface area contributed by atoms with E-state index in [-0.39, 0.29) is 5.91 Å². The lowest BCUT2D eigenvalue weighted by Crippen LogP contribution is -2.47. The van der Waals surface area contributed by atoms with E-state index in [9.17, 15) is 4.79 Å². The normalized spacial score (nSPS) is 17.9. The molecule has 6 nitrogen and oxygen atoms in total. The Morgan fingerprint density at radius 2 is 1.83 bits per heavy atom. The molecular formula is C18H21N5O. The number of piperazine rings is 1. The molecule has 24 heavy (non-hydrogen) atoms. The molecule has 0 radical (unpaired) electrons. The van der Waals surface area contributed by atoms with Gasteiger partial charge in [-0.2, -0.15) is 0 Å². The predicted octanol–water partition coefficient (Wildman–Crippen LogP) is 1.56. The van der Waals surface area contributed by atoms with Crippen LogP contribution < -0.4 is 4.90 Å². The number of carbonyl (C=O) groups is 1. The van der Waals surface area contributed by atoms with Gasteiger partial charge in [-0.3, -0.25) is 4.79 Å². The summed E-state index contributed by atoms with van der Waals surface area (Å²) in [6, 6.07) is 10.2. The fraction of sp³-hybridized carbons (Fsp3) is 0.389. The zero-order valence-corrected chi connectivity index (χ0v) is 13.9. The first kappa shape index (κ1) is 15.1. The van der Waals surface area contributed by atoms with Gasteiger partial charge in [-0.15, -0.1) is 0 Å². The van der Waals surface area contributed by atoms with Crippen molar-refractivity contribution in [1.29, 1.82) is 0 Å². The molecule has 0 atom stereocenters.